The molecule has 3 aliphatic carbocycles. The number of carbonyl (C=O) groups is 2. The molecule has 2 heterocycles. The summed E-state index contributed by atoms with van der Waals surface area (Å²) < 4.78 is 63.6. The number of benzene rings is 1. The molecule has 18 heteroatoms. The molecular weight excluding hydrogens is 689 g/mol. The first kappa shape index (κ1) is 34.4. The summed E-state index contributed by atoms with van der Waals surface area (Å²) in [4.78, 5) is 37.3. The van der Waals surface area contributed by atoms with E-state index in [2.05, 4.69) is 41.0 Å². The average Bonchev–Trinajstić information content (AvgIpc) is 4.01. The van der Waals surface area contributed by atoms with Crippen LogP contribution in [0.2, 0.25) is 0 Å². The van der Waals surface area contributed by atoms with Gasteiger partial charge >= 0.3 is 12.3 Å². The third kappa shape index (κ3) is 9.16. The Bertz CT molecular complexity index is 1730. The van der Waals surface area contributed by atoms with Crippen LogP contribution in [0.25, 0.3) is 0 Å². The lowest BCUT2D eigenvalue weighted by Crippen LogP contribution is -2.52. The Morgan fingerprint density at radius 3 is 2.41 bits per heavy atom. The molecule has 1 aliphatic heterocycles. The predicted molar refractivity (Wildman–Crippen MR) is 177 cm³/mol. The number of carbonyl (C=O) groups excluding carboxylic acids is 2. The number of allylic oxidation sites excluding steroid dienone is 3. The van der Waals surface area contributed by atoms with E-state index in [0.717, 1.165) is 29.9 Å². The second kappa shape index (κ2) is 14.2. The van der Waals surface area contributed by atoms with Crippen molar-refractivity contribution < 1.29 is 36.4 Å². The van der Waals surface area contributed by atoms with E-state index in [-0.39, 0.29) is 24.1 Å². The van der Waals surface area contributed by atoms with E-state index in [1.807, 2.05) is 12.2 Å². The van der Waals surface area contributed by atoms with E-state index in [0.29, 0.717) is 30.6 Å². The van der Waals surface area contributed by atoms with Gasteiger partial charge in [-0.05, 0) is 86.6 Å². The van der Waals surface area contributed by atoms with E-state index in [1.54, 1.807) is 30.5 Å². The quantitative estimate of drug-likeness (QED) is 0.219. The van der Waals surface area contributed by atoms with Crippen molar-refractivity contribution in [3.63, 3.8) is 0 Å². The van der Waals surface area contributed by atoms with Crippen LogP contribution in [0.4, 0.5) is 29.3 Å². The van der Waals surface area contributed by atoms with E-state index >= 15 is 0 Å². The summed E-state index contributed by atoms with van der Waals surface area (Å²) in [5.41, 5.74) is 1.81. The third-order valence-electron chi connectivity index (χ3n) is 8.10. The van der Waals surface area contributed by atoms with E-state index < -0.39 is 52.4 Å². The van der Waals surface area contributed by atoms with Crippen molar-refractivity contribution in [2.24, 2.45) is 9.98 Å². The maximum Gasteiger partial charge on any atom is 0.411 e. The minimum Gasteiger partial charge on any atom is -0.448 e. The van der Waals surface area contributed by atoms with Gasteiger partial charge in [0.2, 0.25) is 11.9 Å². The fourth-order valence-corrected chi connectivity index (χ4v) is 6.39. The molecule has 2 fully saturated rings. The minimum absolute atomic E-state index is 0.0718. The van der Waals surface area contributed by atoms with Crippen LogP contribution in [0.3, 0.4) is 0 Å². The number of guanidine groups is 2. The fraction of sp³-hybridized carbons (Fsp3) is 0.387. The van der Waals surface area contributed by atoms with Crippen LogP contribution in [-0.4, -0.2) is 69.1 Å². The lowest BCUT2D eigenvalue weighted by molar-refractivity contribution is -0.183. The summed E-state index contributed by atoms with van der Waals surface area (Å²) in [5, 5.41) is 12.6. The average molecular weight is 721 g/mol. The number of hydrogen-bond acceptors (Lipinski definition) is 11. The molecule has 2 unspecified atom stereocenters. The first-order chi connectivity index (χ1) is 23.4. The molecule has 2 amide bonds. The van der Waals surface area contributed by atoms with Gasteiger partial charge in [-0.15, -0.1) is 0 Å². The molecular formula is C31H32ClF3N8O5S. The number of rotatable bonds is 11. The molecule has 13 nitrogen and oxygen atoms in total. The largest absolute Gasteiger partial charge is 0.448 e. The van der Waals surface area contributed by atoms with Gasteiger partial charge in [0, 0.05) is 22.5 Å². The normalized spacial score (nSPS) is 20.9. The first-order valence-electron chi connectivity index (χ1n) is 15.3. The molecule has 49 heavy (non-hydrogen) atoms. The molecule has 260 valence electrons. The van der Waals surface area contributed by atoms with Crippen LogP contribution < -0.4 is 26.0 Å². The zero-order valence-corrected chi connectivity index (χ0v) is 27.4. The molecule has 1 aromatic heterocycles. The van der Waals surface area contributed by atoms with E-state index in [1.165, 1.54) is 18.3 Å². The number of amides is 2. The Kier molecular flexibility index (Phi) is 9.94. The van der Waals surface area contributed by atoms with Crippen LogP contribution in [0, 0.1) is 0 Å². The number of halogens is 4. The monoisotopic (exact) mass is 720 g/mol. The van der Waals surface area contributed by atoms with Crippen LogP contribution in [0.1, 0.15) is 48.9 Å². The maximum atomic E-state index is 13.0. The molecule has 0 saturated heterocycles. The topological polar surface area (TPSA) is 167 Å². The highest BCUT2D eigenvalue weighted by Crippen LogP contribution is 2.46. The molecule has 2 saturated carbocycles. The van der Waals surface area contributed by atoms with Crippen molar-refractivity contribution in [1.29, 1.82) is 0 Å². The number of pyridine rings is 1. The van der Waals surface area contributed by atoms with Crippen molar-refractivity contribution in [3.05, 3.63) is 77.1 Å². The van der Waals surface area contributed by atoms with Gasteiger partial charge in [-0.2, -0.15) is 23.2 Å². The lowest BCUT2D eigenvalue weighted by Gasteiger charge is -2.28. The number of nitrogens with zero attached hydrogens (tertiary/aromatic N) is 3. The van der Waals surface area contributed by atoms with Crippen LogP contribution in [-0.2, 0) is 20.5 Å². The minimum atomic E-state index is -4.57. The number of nitrogens with one attached hydrogen (secondary N) is 5. The van der Waals surface area contributed by atoms with Gasteiger partial charge < -0.3 is 20.1 Å². The SMILES string of the molecule is O=C(Nc1cccnc1)OCC1(S(=O)NC(=O)c2ccc(NC3=NC(OCC(F)(F)F)N=C(NC4(C5=CC=C(Cl)CC5)CC4)N3)cc2)CC1. The second-order valence-corrected chi connectivity index (χ2v) is 14.0. The van der Waals surface area contributed by atoms with Crippen LogP contribution >= 0.6 is 11.6 Å². The van der Waals surface area contributed by atoms with Gasteiger partial charge in [0.05, 0.1) is 22.2 Å². The van der Waals surface area contributed by atoms with Crippen molar-refractivity contribution in [3.8, 4) is 0 Å². The molecule has 6 rings (SSSR count). The van der Waals surface area contributed by atoms with E-state index in [9.17, 15) is 27.0 Å². The standard InChI is InChI=1S/C31H32ClF3N8O5S/c32-21-7-5-20(6-8-21)30(13-14-30)42-26-39-25(40-27(41-26)47-18-31(33,34)35)37-22-9-3-19(4-10-22)24(44)43-49(46)29(11-12-29)17-48-28(45)38-23-2-1-15-36-16-23/h1-5,7,9-10,15-16,27H,6,8,11-14,17-18H2,(H,38,45)(H,43,44)(H3,37,39,40,41,42). The maximum absolute atomic E-state index is 13.0. The van der Waals surface area contributed by atoms with Crippen molar-refractivity contribution in [2.75, 3.05) is 23.8 Å². The van der Waals surface area contributed by atoms with Crippen molar-refractivity contribution >= 4 is 57.9 Å². The van der Waals surface area contributed by atoms with Gasteiger partial charge in [0.15, 0.2) is 0 Å². The highest BCUT2D eigenvalue weighted by Gasteiger charge is 2.51. The molecule has 0 radical (unpaired) electrons. The number of anilines is 2. The molecule has 0 spiro atoms. The molecule has 0 bridgehead atoms. The Labute approximate surface area is 286 Å². The number of hydrogen-bond donors (Lipinski definition) is 5. The molecule has 1 aromatic carbocycles. The van der Waals surface area contributed by atoms with Gasteiger partial charge in [-0.25, -0.2) is 9.00 Å². The number of aliphatic imine (C=N–C) groups is 2. The zero-order chi connectivity index (χ0) is 34.6. The summed E-state index contributed by atoms with van der Waals surface area (Å²) in [7, 11) is -1.84. The summed E-state index contributed by atoms with van der Waals surface area (Å²) in [6.07, 6.45) is 4.08. The van der Waals surface area contributed by atoms with Crippen molar-refractivity contribution in [1.82, 2.24) is 20.3 Å². The number of ether oxygens (including phenoxy) is 2. The summed E-state index contributed by atoms with van der Waals surface area (Å²) >= 11 is 6.12. The third-order valence-corrected chi connectivity index (χ3v) is 10.1. The highest BCUT2D eigenvalue weighted by atomic mass is 35.5. The fourth-order valence-electron chi connectivity index (χ4n) is 5.09. The summed E-state index contributed by atoms with van der Waals surface area (Å²) in [5.74, 6) is -0.344. The zero-order valence-electron chi connectivity index (χ0n) is 25.8. The molecule has 2 aromatic rings. The van der Waals surface area contributed by atoms with Crippen LogP contribution in [0.5, 0.6) is 0 Å². The second-order valence-electron chi connectivity index (χ2n) is 11.9. The Balaban J connectivity index is 1.04. The Morgan fingerprint density at radius 1 is 1.02 bits per heavy atom. The molecule has 2 atom stereocenters. The molecule has 4 aliphatic rings. The smallest absolute Gasteiger partial charge is 0.411 e. The number of aromatic nitrogens is 1. The van der Waals surface area contributed by atoms with Gasteiger partial charge in [0.25, 0.3) is 12.3 Å². The molecule has 5 N–H and O–H groups in total. The Morgan fingerprint density at radius 2 is 1.78 bits per heavy atom. The van der Waals surface area contributed by atoms with Gasteiger partial charge in [-0.1, -0.05) is 17.7 Å². The number of alkyl halides is 3. The highest BCUT2D eigenvalue weighted by molar-refractivity contribution is 7.85. The van der Waals surface area contributed by atoms with Crippen LogP contribution in [0.15, 0.2) is 81.5 Å². The van der Waals surface area contributed by atoms with Crippen molar-refractivity contribution in [2.45, 2.75) is 61.3 Å². The first-order valence-corrected chi connectivity index (χ1v) is 16.8. The lowest BCUT2D eigenvalue weighted by atomic mass is 9.96. The van der Waals surface area contributed by atoms with Gasteiger partial charge in [0.1, 0.15) is 24.2 Å². The van der Waals surface area contributed by atoms with Gasteiger partial charge in [-0.3, -0.25) is 25.1 Å². The Hall–Kier alpha value is -4.48. The van der Waals surface area contributed by atoms with E-state index in [4.69, 9.17) is 21.1 Å². The predicted octanol–water partition coefficient (Wildman–Crippen LogP) is 4.81. The summed E-state index contributed by atoms with van der Waals surface area (Å²) in [6, 6.07) is 9.35. The summed E-state index contributed by atoms with van der Waals surface area (Å²) in [6.45, 7) is -1.69.